The number of carbonyl (C=O) groups excluding carboxylic acids is 2. The molecule has 0 saturated carbocycles. The lowest BCUT2D eigenvalue weighted by atomic mass is 10.3. The molecular weight excluding hydrogens is 364 g/mol. The lowest BCUT2D eigenvalue weighted by Gasteiger charge is -2.09. The molecule has 2 rings (SSSR count). The minimum absolute atomic E-state index is 0.0492. The number of nitrogens with zero attached hydrogens (tertiary/aromatic N) is 1. The monoisotopic (exact) mass is 374 g/mol. The van der Waals surface area contributed by atoms with E-state index in [0.29, 0.717) is 0 Å². The van der Waals surface area contributed by atoms with E-state index in [9.17, 15) is 27.2 Å². The average Bonchev–Trinajstić information content (AvgIpc) is 2.56. The number of alkyl halides is 2. The third-order valence-corrected chi connectivity index (χ3v) is 3.48. The molecule has 25 heavy (non-hydrogen) atoms. The summed E-state index contributed by atoms with van der Waals surface area (Å²) in [4.78, 5) is 27.2. The molecule has 1 heterocycles. The van der Waals surface area contributed by atoms with Crippen LogP contribution in [0.1, 0.15) is 10.4 Å². The van der Waals surface area contributed by atoms with Gasteiger partial charge in [-0.05, 0) is 36.0 Å². The predicted molar refractivity (Wildman–Crippen MR) is 81.4 cm³/mol. The summed E-state index contributed by atoms with van der Waals surface area (Å²) in [5.41, 5.74) is -0.934. The van der Waals surface area contributed by atoms with Gasteiger partial charge in [-0.3, -0.25) is 4.79 Å². The highest BCUT2D eigenvalue weighted by molar-refractivity contribution is 7.99. The van der Waals surface area contributed by atoms with Crippen molar-refractivity contribution in [3.63, 3.8) is 0 Å². The second-order valence-corrected chi connectivity index (χ2v) is 5.43. The van der Waals surface area contributed by atoms with E-state index >= 15 is 0 Å². The van der Waals surface area contributed by atoms with Gasteiger partial charge in [0, 0.05) is 6.20 Å². The Balaban J connectivity index is 1.99. The summed E-state index contributed by atoms with van der Waals surface area (Å²) in [6.07, 6.45) is 1.22. The molecule has 0 aliphatic rings. The van der Waals surface area contributed by atoms with Crippen LogP contribution in [0.25, 0.3) is 0 Å². The number of benzene rings is 1. The first-order chi connectivity index (χ1) is 11.9. The summed E-state index contributed by atoms with van der Waals surface area (Å²) in [5, 5.41) is 1.66. The lowest BCUT2D eigenvalue weighted by Crippen LogP contribution is -2.22. The van der Waals surface area contributed by atoms with Gasteiger partial charge >= 0.3 is 5.97 Å². The number of pyridine rings is 1. The Hall–Kier alpha value is -2.62. The number of rotatable bonds is 6. The number of thioether (sulfide) groups is 1. The normalized spacial score (nSPS) is 10.6. The van der Waals surface area contributed by atoms with Crippen molar-refractivity contribution in [1.82, 2.24) is 4.98 Å². The van der Waals surface area contributed by atoms with Crippen LogP contribution in [0, 0.1) is 11.6 Å². The molecule has 10 heteroatoms. The fourth-order valence-corrected chi connectivity index (χ4v) is 2.29. The molecule has 0 fully saturated rings. The van der Waals surface area contributed by atoms with Crippen molar-refractivity contribution >= 4 is 29.3 Å². The SMILES string of the molecule is O=C(COC(=O)c1cccnc1SC(F)F)Nc1c(F)cccc1F. The van der Waals surface area contributed by atoms with Crippen LogP contribution in [0.2, 0.25) is 0 Å². The number of aromatic nitrogens is 1. The Morgan fingerprint density at radius 2 is 1.84 bits per heavy atom. The van der Waals surface area contributed by atoms with Gasteiger partial charge in [0.25, 0.3) is 11.7 Å². The van der Waals surface area contributed by atoms with E-state index in [2.05, 4.69) is 9.72 Å². The molecule has 2 aromatic rings. The van der Waals surface area contributed by atoms with Gasteiger partial charge in [0.05, 0.1) is 5.56 Å². The first-order valence-electron chi connectivity index (χ1n) is 6.69. The fourth-order valence-electron chi connectivity index (χ4n) is 1.73. The fraction of sp³-hybridized carbons (Fsp3) is 0.133. The Kier molecular flexibility index (Phi) is 6.34. The van der Waals surface area contributed by atoms with Crippen molar-refractivity contribution in [2.75, 3.05) is 11.9 Å². The van der Waals surface area contributed by atoms with Crippen molar-refractivity contribution < 1.29 is 31.9 Å². The van der Waals surface area contributed by atoms with Crippen molar-refractivity contribution in [2.45, 2.75) is 10.8 Å². The maximum atomic E-state index is 13.4. The van der Waals surface area contributed by atoms with Crippen LogP contribution in [0.5, 0.6) is 0 Å². The topological polar surface area (TPSA) is 68.3 Å². The molecule has 0 aliphatic carbocycles. The number of amides is 1. The number of anilines is 1. The highest BCUT2D eigenvalue weighted by atomic mass is 32.2. The average molecular weight is 374 g/mol. The highest BCUT2D eigenvalue weighted by Crippen LogP contribution is 2.26. The zero-order chi connectivity index (χ0) is 18.4. The van der Waals surface area contributed by atoms with Crippen LogP contribution in [-0.4, -0.2) is 29.2 Å². The molecular formula is C15H10F4N2O3S. The Bertz CT molecular complexity index is 769. The smallest absolute Gasteiger partial charge is 0.341 e. The first kappa shape index (κ1) is 18.7. The highest BCUT2D eigenvalue weighted by Gasteiger charge is 2.19. The molecule has 0 atom stereocenters. The van der Waals surface area contributed by atoms with Crippen LogP contribution in [0.4, 0.5) is 23.2 Å². The zero-order valence-electron chi connectivity index (χ0n) is 12.3. The van der Waals surface area contributed by atoms with Crippen LogP contribution in [-0.2, 0) is 9.53 Å². The maximum absolute atomic E-state index is 13.4. The van der Waals surface area contributed by atoms with Gasteiger partial charge in [0.1, 0.15) is 22.3 Å². The van der Waals surface area contributed by atoms with Crippen LogP contribution < -0.4 is 5.32 Å². The Morgan fingerprint density at radius 1 is 1.16 bits per heavy atom. The predicted octanol–water partition coefficient (Wildman–Crippen LogP) is 3.47. The first-order valence-corrected chi connectivity index (χ1v) is 7.57. The summed E-state index contributed by atoms with van der Waals surface area (Å²) >= 11 is 0.0492. The van der Waals surface area contributed by atoms with E-state index in [-0.39, 0.29) is 22.4 Å². The van der Waals surface area contributed by atoms with Gasteiger partial charge in [0.15, 0.2) is 6.61 Å². The number of hydrogen-bond donors (Lipinski definition) is 1. The third kappa shape index (κ3) is 5.18. The molecule has 1 N–H and O–H groups in total. The van der Waals surface area contributed by atoms with E-state index in [1.165, 1.54) is 18.3 Å². The van der Waals surface area contributed by atoms with Crippen molar-refractivity contribution in [3.05, 3.63) is 53.7 Å². The number of esters is 1. The van der Waals surface area contributed by atoms with E-state index in [1.807, 2.05) is 5.32 Å². The number of hydrogen-bond acceptors (Lipinski definition) is 5. The summed E-state index contributed by atoms with van der Waals surface area (Å²) < 4.78 is 56.3. The van der Waals surface area contributed by atoms with Crippen LogP contribution >= 0.6 is 11.8 Å². The zero-order valence-corrected chi connectivity index (χ0v) is 13.2. The second-order valence-electron chi connectivity index (χ2n) is 4.46. The van der Waals surface area contributed by atoms with Gasteiger partial charge in [0.2, 0.25) is 0 Å². The standard InChI is InChI=1S/C15H10F4N2O3S/c16-9-4-1-5-10(17)12(9)21-11(22)7-24-14(23)8-3-2-6-20-13(8)25-15(18)19/h1-6,15H,7H2,(H,21,22). The second kappa shape index (κ2) is 8.47. The van der Waals surface area contributed by atoms with Gasteiger partial charge < -0.3 is 10.1 Å². The molecule has 0 bridgehead atoms. The van der Waals surface area contributed by atoms with Gasteiger partial charge in [-0.15, -0.1) is 0 Å². The summed E-state index contributed by atoms with van der Waals surface area (Å²) in [7, 11) is 0. The number of halogens is 4. The molecule has 0 saturated heterocycles. The van der Waals surface area contributed by atoms with E-state index < -0.39 is 41.6 Å². The van der Waals surface area contributed by atoms with Crippen LogP contribution in [0.15, 0.2) is 41.6 Å². The van der Waals surface area contributed by atoms with E-state index in [0.717, 1.165) is 18.2 Å². The summed E-state index contributed by atoms with van der Waals surface area (Å²) in [6.45, 7) is -0.861. The Labute approximate surface area is 143 Å². The van der Waals surface area contributed by atoms with Gasteiger partial charge in [-0.1, -0.05) is 6.07 Å². The molecule has 132 valence electrons. The third-order valence-electron chi connectivity index (χ3n) is 2.75. The van der Waals surface area contributed by atoms with Crippen molar-refractivity contribution in [1.29, 1.82) is 0 Å². The maximum Gasteiger partial charge on any atom is 0.341 e. The molecule has 0 spiro atoms. The van der Waals surface area contributed by atoms with Crippen molar-refractivity contribution in [3.8, 4) is 0 Å². The van der Waals surface area contributed by atoms with Gasteiger partial charge in [-0.2, -0.15) is 8.78 Å². The van der Waals surface area contributed by atoms with Gasteiger partial charge in [-0.25, -0.2) is 18.6 Å². The molecule has 0 unspecified atom stereocenters. The molecule has 5 nitrogen and oxygen atoms in total. The lowest BCUT2D eigenvalue weighted by molar-refractivity contribution is -0.119. The minimum atomic E-state index is -2.80. The minimum Gasteiger partial charge on any atom is -0.452 e. The molecule has 1 aromatic carbocycles. The Morgan fingerprint density at radius 3 is 2.48 bits per heavy atom. The number of carbonyl (C=O) groups is 2. The number of nitrogens with one attached hydrogen (secondary N) is 1. The molecule has 1 amide bonds. The number of para-hydroxylation sites is 1. The number of ether oxygens (including phenoxy) is 1. The largest absolute Gasteiger partial charge is 0.452 e. The van der Waals surface area contributed by atoms with Crippen LogP contribution in [0.3, 0.4) is 0 Å². The van der Waals surface area contributed by atoms with Crippen molar-refractivity contribution in [2.24, 2.45) is 0 Å². The molecule has 1 aromatic heterocycles. The summed E-state index contributed by atoms with van der Waals surface area (Å²) in [5.74, 6) is -6.86. The van der Waals surface area contributed by atoms with E-state index in [4.69, 9.17) is 0 Å². The molecule has 0 radical (unpaired) electrons. The van der Waals surface area contributed by atoms with E-state index in [1.54, 1.807) is 0 Å². The molecule has 0 aliphatic heterocycles. The quantitative estimate of drug-likeness (QED) is 0.476. The summed E-state index contributed by atoms with van der Waals surface area (Å²) in [6, 6.07) is 5.53.